The molecule has 154 valence electrons. The fourth-order valence-electron chi connectivity index (χ4n) is 4.71. The van der Waals surface area contributed by atoms with Gasteiger partial charge < -0.3 is 18.9 Å². The van der Waals surface area contributed by atoms with E-state index < -0.39 is 0 Å². The van der Waals surface area contributed by atoms with Gasteiger partial charge in [-0.2, -0.15) is 0 Å². The summed E-state index contributed by atoms with van der Waals surface area (Å²) < 4.78 is 22.0. The van der Waals surface area contributed by atoms with Crippen molar-refractivity contribution in [1.29, 1.82) is 0 Å². The number of hydrogen-bond donors (Lipinski definition) is 0. The highest BCUT2D eigenvalue weighted by molar-refractivity contribution is 5.95. The largest absolute Gasteiger partial charge is 0.493 e. The van der Waals surface area contributed by atoms with E-state index in [9.17, 15) is 0 Å². The lowest BCUT2D eigenvalue weighted by molar-refractivity contribution is 0.295. The lowest BCUT2D eigenvalue weighted by Crippen LogP contribution is -2.35. The van der Waals surface area contributed by atoms with E-state index >= 15 is 0 Å². The first-order valence-electron chi connectivity index (χ1n) is 10.1. The average Bonchev–Trinajstić information content (AvgIpc) is 3.26. The summed E-state index contributed by atoms with van der Waals surface area (Å²) in [6, 6.07) is 12.9. The van der Waals surface area contributed by atoms with Gasteiger partial charge in [0.2, 0.25) is 0 Å². The number of fused-ring (bicyclic) bond motifs is 1. The van der Waals surface area contributed by atoms with E-state index in [2.05, 4.69) is 29.2 Å². The van der Waals surface area contributed by atoms with Crippen LogP contribution in [-0.4, -0.2) is 52.5 Å². The highest BCUT2D eigenvalue weighted by Gasteiger charge is 2.34. The van der Waals surface area contributed by atoms with E-state index in [1.165, 1.54) is 41.7 Å². The minimum atomic E-state index is 0.435. The molecule has 0 aliphatic carbocycles. The summed E-state index contributed by atoms with van der Waals surface area (Å²) in [4.78, 5) is 2.61. The lowest BCUT2D eigenvalue weighted by Gasteiger charge is -2.35. The first-order chi connectivity index (χ1) is 14.2. The predicted octanol–water partition coefficient (Wildman–Crippen LogP) is 4.50. The van der Waals surface area contributed by atoms with E-state index in [-0.39, 0.29) is 0 Å². The van der Waals surface area contributed by atoms with Crippen molar-refractivity contribution in [3.63, 3.8) is 0 Å². The van der Waals surface area contributed by atoms with Gasteiger partial charge in [-0.05, 0) is 72.3 Å². The van der Waals surface area contributed by atoms with Crippen molar-refractivity contribution in [1.82, 2.24) is 4.90 Å². The van der Waals surface area contributed by atoms with Gasteiger partial charge in [0.05, 0.1) is 28.4 Å². The second kappa shape index (κ2) is 8.37. The SMILES string of the molecule is COc1ccc(C2=C(c3ccc(OC)c(OC)c3)[C@@H]3CCCN3CC2)cc1OC. The third kappa shape index (κ3) is 3.55. The van der Waals surface area contributed by atoms with Crippen molar-refractivity contribution < 1.29 is 18.9 Å². The van der Waals surface area contributed by atoms with Crippen molar-refractivity contribution in [2.75, 3.05) is 41.5 Å². The van der Waals surface area contributed by atoms with Crippen molar-refractivity contribution in [2.24, 2.45) is 0 Å². The van der Waals surface area contributed by atoms with Crippen LogP contribution in [-0.2, 0) is 0 Å². The van der Waals surface area contributed by atoms with Gasteiger partial charge in [-0.1, -0.05) is 12.1 Å². The van der Waals surface area contributed by atoms with E-state index in [1.807, 2.05) is 12.1 Å². The first-order valence-corrected chi connectivity index (χ1v) is 10.1. The molecule has 2 aliphatic rings. The normalized spacial score (nSPS) is 19.1. The Morgan fingerprint density at radius 2 is 1.31 bits per heavy atom. The molecule has 4 rings (SSSR count). The summed E-state index contributed by atoms with van der Waals surface area (Å²) in [5.74, 6) is 3.03. The van der Waals surface area contributed by atoms with Gasteiger partial charge in [-0.15, -0.1) is 0 Å². The number of ether oxygens (including phenoxy) is 4. The zero-order valence-electron chi connectivity index (χ0n) is 17.7. The number of nitrogens with zero attached hydrogens (tertiary/aromatic N) is 1. The Balaban J connectivity index is 1.88. The molecule has 1 atom stereocenters. The molecule has 29 heavy (non-hydrogen) atoms. The van der Waals surface area contributed by atoms with Gasteiger partial charge in [-0.25, -0.2) is 0 Å². The molecule has 1 saturated heterocycles. The Bertz CT molecular complexity index is 921. The summed E-state index contributed by atoms with van der Waals surface area (Å²) in [7, 11) is 6.72. The van der Waals surface area contributed by atoms with Crippen LogP contribution < -0.4 is 18.9 Å². The van der Waals surface area contributed by atoms with Crippen LogP contribution in [0.25, 0.3) is 11.1 Å². The Kier molecular flexibility index (Phi) is 5.67. The fraction of sp³-hybridized carbons (Fsp3) is 0.417. The standard InChI is InChI=1S/C24H29NO4/c1-26-20-9-7-16(14-22(20)28-3)18-11-13-25-12-5-6-19(25)24(18)17-8-10-21(27-2)23(15-17)29-4/h7-10,14-15,19H,5-6,11-13H2,1-4H3/t19-/m0/s1. The molecule has 0 saturated carbocycles. The maximum Gasteiger partial charge on any atom is 0.161 e. The molecule has 2 aliphatic heterocycles. The molecular weight excluding hydrogens is 366 g/mol. The average molecular weight is 395 g/mol. The van der Waals surface area contributed by atoms with Crippen LogP contribution in [0.4, 0.5) is 0 Å². The monoisotopic (exact) mass is 395 g/mol. The predicted molar refractivity (Wildman–Crippen MR) is 115 cm³/mol. The molecule has 0 radical (unpaired) electrons. The molecule has 2 aromatic rings. The van der Waals surface area contributed by atoms with E-state index in [1.54, 1.807) is 28.4 Å². The van der Waals surface area contributed by atoms with Crippen LogP contribution in [0.15, 0.2) is 36.4 Å². The Labute approximate surface area is 172 Å². The highest BCUT2D eigenvalue weighted by Crippen LogP contribution is 2.44. The fourth-order valence-corrected chi connectivity index (χ4v) is 4.71. The second-order valence-electron chi connectivity index (χ2n) is 7.48. The van der Waals surface area contributed by atoms with Gasteiger partial charge in [0, 0.05) is 12.6 Å². The Hall–Kier alpha value is -2.66. The summed E-state index contributed by atoms with van der Waals surface area (Å²) >= 11 is 0. The van der Waals surface area contributed by atoms with Gasteiger partial charge in [-0.3, -0.25) is 4.90 Å². The molecule has 0 unspecified atom stereocenters. The molecule has 2 heterocycles. The minimum Gasteiger partial charge on any atom is -0.493 e. The van der Waals surface area contributed by atoms with Crippen molar-refractivity contribution >= 4 is 11.1 Å². The van der Waals surface area contributed by atoms with Crippen LogP contribution in [0.3, 0.4) is 0 Å². The maximum atomic E-state index is 5.59. The van der Waals surface area contributed by atoms with Gasteiger partial charge in [0.1, 0.15) is 0 Å². The Morgan fingerprint density at radius 3 is 1.93 bits per heavy atom. The molecule has 2 aromatic carbocycles. The minimum absolute atomic E-state index is 0.435. The quantitative estimate of drug-likeness (QED) is 0.720. The summed E-state index contributed by atoms with van der Waals surface area (Å²) in [6.07, 6.45) is 3.43. The van der Waals surface area contributed by atoms with E-state index in [0.29, 0.717) is 6.04 Å². The van der Waals surface area contributed by atoms with E-state index in [0.717, 1.165) is 36.0 Å². The first kappa shape index (κ1) is 19.6. The van der Waals surface area contributed by atoms with Gasteiger partial charge >= 0.3 is 0 Å². The van der Waals surface area contributed by atoms with E-state index in [4.69, 9.17) is 18.9 Å². The molecule has 0 N–H and O–H groups in total. The van der Waals surface area contributed by atoms with Crippen LogP contribution in [0.5, 0.6) is 23.0 Å². The topological polar surface area (TPSA) is 40.2 Å². The third-order valence-corrected chi connectivity index (χ3v) is 6.10. The Morgan fingerprint density at radius 1 is 0.724 bits per heavy atom. The van der Waals surface area contributed by atoms with Crippen LogP contribution >= 0.6 is 0 Å². The van der Waals surface area contributed by atoms with Crippen LogP contribution in [0.2, 0.25) is 0 Å². The zero-order chi connectivity index (χ0) is 20.4. The molecule has 0 aromatic heterocycles. The summed E-state index contributed by atoms with van der Waals surface area (Å²) in [5, 5.41) is 0. The number of rotatable bonds is 6. The van der Waals surface area contributed by atoms with Crippen LogP contribution in [0.1, 0.15) is 30.4 Å². The zero-order valence-corrected chi connectivity index (χ0v) is 17.7. The van der Waals surface area contributed by atoms with Crippen LogP contribution in [0, 0.1) is 0 Å². The molecular formula is C24H29NO4. The van der Waals surface area contributed by atoms with Gasteiger partial charge in [0.25, 0.3) is 0 Å². The van der Waals surface area contributed by atoms with Gasteiger partial charge in [0.15, 0.2) is 23.0 Å². The summed E-state index contributed by atoms with van der Waals surface area (Å²) in [6.45, 7) is 2.26. The third-order valence-electron chi connectivity index (χ3n) is 6.10. The maximum absolute atomic E-state index is 5.59. The van der Waals surface area contributed by atoms with Crippen molar-refractivity contribution in [2.45, 2.75) is 25.3 Å². The highest BCUT2D eigenvalue weighted by atomic mass is 16.5. The molecule has 0 spiro atoms. The van der Waals surface area contributed by atoms with Crippen molar-refractivity contribution in [3.05, 3.63) is 47.5 Å². The number of hydrogen-bond acceptors (Lipinski definition) is 5. The lowest BCUT2D eigenvalue weighted by atomic mass is 9.84. The number of benzene rings is 2. The molecule has 0 bridgehead atoms. The summed E-state index contributed by atoms with van der Waals surface area (Å²) in [5.41, 5.74) is 5.16. The smallest absolute Gasteiger partial charge is 0.161 e. The molecule has 5 heteroatoms. The molecule has 0 amide bonds. The van der Waals surface area contributed by atoms with Crippen molar-refractivity contribution in [3.8, 4) is 23.0 Å². The number of methoxy groups -OCH3 is 4. The molecule has 1 fully saturated rings. The second-order valence-corrected chi connectivity index (χ2v) is 7.48. The molecule has 5 nitrogen and oxygen atoms in total.